The highest BCUT2D eigenvalue weighted by molar-refractivity contribution is 6.31. The summed E-state index contributed by atoms with van der Waals surface area (Å²) in [5.74, 6) is 0.260. The molecule has 3 aromatic rings. The summed E-state index contributed by atoms with van der Waals surface area (Å²) < 4.78 is 5.57. The molecule has 0 fully saturated rings. The van der Waals surface area contributed by atoms with Crippen LogP contribution in [0.5, 0.6) is 0 Å². The Bertz CT molecular complexity index is 1130. The predicted octanol–water partition coefficient (Wildman–Crippen LogP) is 5.96. The van der Waals surface area contributed by atoms with Gasteiger partial charge in [0.1, 0.15) is 5.58 Å². The van der Waals surface area contributed by atoms with Crippen molar-refractivity contribution in [1.29, 1.82) is 0 Å². The van der Waals surface area contributed by atoms with E-state index < -0.39 is 5.91 Å². The van der Waals surface area contributed by atoms with Gasteiger partial charge in [0.05, 0.1) is 6.21 Å². The molecule has 1 atom stereocenters. The van der Waals surface area contributed by atoms with Crippen LogP contribution < -0.4 is 10.3 Å². The average molecular weight is 424 g/mol. The summed E-state index contributed by atoms with van der Waals surface area (Å²) in [7, 11) is 0. The molecule has 1 aliphatic rings. The van der Waals surface area contributed by atoms with Crippen molar-refractivity contribution in [2.45, 2.75) is 45.6 Å². The number of halogens is 1. The Morgan fingerprint density at radius 2 is 2.10 bits per heavy atom. The van der Waals surface area contributed by atoms with Gasteiger partial charge in [-0.1, -0.05) is 24.6 Å². The number of carbonyl (C=O) groups is 1. The molecule has 1 amide bonds. The van der Waals surface area contributed by atoms with E-state index in [0.29, 0.717) is 16.5 Å². The molecule has 1 aromatic heterocycles. The zero-order chi connectivity index (χ0) is 21.5. The lowest BCUT2D eigenvalue weighted by molar-refractivity contribution is 0.0929. The fraction of sp³-hybridized carbons (Fsp3) is 0.333. The Labute approximate surface area is 181 Å². The van der Waals surface area contributed by atoms with Gasteiger partial charge in [-0.05, 0) is 80.6 Å². The molecule has 30 heavy (non-hydrogen) atoms. The SMILES string of the molecule is CCN1c2ccc(/C=N\NC(=O)c3cc4cc(Cl)ccc4o3)cc2[C@H](C)CC1(C)C. The number of amides is 1. The Hall–Kier alpha value is -2.79. The average Bonchev–Trinajstić information content (AvgIpc) is 3.11. The number of nitrogens with one attached hydrogen (secondary N) is 1. The maximum absolute atomic E-state index is 12.4. The van der Waals surface area contributed by atoms with Crippen LogP contribution >= 0.6 is 11.6 Å². The van der Waals surface area contributed by atoms with Crippen molar-refractivity contribution in [3.05, 3.63) is 64.4 Å². The van der Waals surface area contributed by atoms with Gasteiger partial charge in [-0.2, -0.15) is 5.10 Å². The summed E-state index contributed by atoms with van der Waals surface area (Å²) in [5, 5.41) is 5.50. The Morgan fingerprint density at radius 1 is 1.30 bits per heavy atom. The molecule has 0 bridgehead atoms. The van der Waals surface area contributed by atoms with E-state index in [9.17, 15) is 4.79 Å². The molecule has 5 nitrogen and oxygen atoms in total. The highest BCUT2D eigenvalue weighted by Crippen LogP contribution is 2.43. The lowest BCUT2D eigenvalue weighted by atomic mass is 9.79. The third-order valence-corrected chi connectivity index (χ3v) is 6.04. The predicted molar refractivity (Wildman–Crippen MR) is 123 cm³/mol. The van der Waals surface area contributed by atoms with Gasteiger partial charge in [0, 0.05) is 28.2 Å². The molecule has 0 unspecified atom stereocenters. The lowest BCUT2D eigenvalue weighted by Crippen LogP contribution is -2.48. The molecule has 4 rings (SSSR count). The summed E-state index contributed by atoms with van der Waals surface area (Å²) in [5.41, 5.74) is 6.85. The topological polar surface area (TPSA) is 57.8 Å². The minimum Gasteiger partial charge on any atom is -0.451 e. The number of benzene rings is 2. The maximum atomic E-state index is 12.4. The molecule has 6 heteroatoms. The lowest BCUT2D eigenvalue weighted by Gasteiger charge is -2.47. The van der Waals surface area contributed by atoms with E-state index in [2.05, 4.69) is 55.3 Å². The molecule has 156 valence electrons. The maximum Gasteiger partial charge on any atom is 0.307 e. The second-order valence-electron chi connectivity index (χ2n) is 8.47. The van der Waals surface area contributed by atoms with Crippen LogP contribution in [-0.2, 0) is 0 Å². The zero-order valence-corrected chi connectivity index (χ0v) is 18.5. The summed E-state index contributed by atoms with van der Waals surface area (Å²) in [4.78, 5) is 14.8. The van der Waals surface area contributed by atoms with Crippen LogP contribution in [0, 0.1) is 0 Å². The van der Waals surface area contributed by atoms with Crippen molar-refractivity contribution in [2.24, 2.45) is 5.10 Å². The van der Waals surface area contributed by atoms with Gasteiger partial charge in [-0.25, -0.2) is 5.43 Å². The summed E-state index contributed by atoms with van der Waals surface area (Å²) in [6, 6.07) is 13.2. The van der Waals surface area contributed by atoms with Gasteiger partial charge in [0.15, 0.2) is 5.76 Å². The number of anilines is 1. The number of nitrogens with zero attached hydrogens (tertiary/aromatic N) is 2. The van der Waals surface area contributed by atoms with Gasteiger partial charge in [0.2, 0.25) is 0 Å². The molecule has 2 aromatic carbocycles. The van der Waals surface area contributed by atoms with Gasteiger partial charge < -0.3 is 9.32 Å². The Morgan fingerprint density at radius 3 is 2.87 bits per heavy atom. The van der Waals surface area contributed by atoms with E-state index in [1.54, 1.807) is 30.5 Å². The van der Waals surface area contributed by atoms with Crippen LogP contribution in [0.2, 0.25) is 5.02 Å². The Kier molecular flexibility index (Phi) is 5.33. The van der Waals surface area contributed by atoms with Crippen LogP contribution in [0.15, 0.2) is 52.0 Å². The van der Waals surface area contributed by atoms with E-state index in [0.717, 1.165) is 23.9 Å². The quantitative estimate of drug-likeness (QED) is 0.416. The third-order valence-electron chi connectivity index (χ3n) is 5.81. The van der Waals surface area contributed by atoms with Crippen molar-refractivity contribution >= 4 is 40.4 Å². The highest BCUT2D eigenvalue weighted by Gasteiger charge is 2.35. The van der Waals surface area contributed by atoms with Crippen LogP contribution in [0.25, 0.3) is 11.0 Å². The van der Waals surface area contributed by atoms with E-state index in [1.807, 2.05) is 6.07 Å². The molecular formula is C24H26ClN3O2. The number of rotatable bonds is 4. The van der Waals surface area contributed by atoms with Crippen molar-refractivity contribution in [3.8, 4) is 0 Å². The minimum absolute atomic E-state index is 0.140. The number of fused-ring (bicyclic) bond motifs is 2. The van der Waals surface area contributed by atoms with Crippen molar-refractivity contribution in [3.63, 3.8) is 0 Å². The van der Waals surface area contributed by atoms with Gasteiger partial charge in [-0.15, -0.1) is 0 Å². The zero-order valence-electron chi connectivity index (χ0n) is 17.7. The molecule has 2 heterocycles. The highest BCUT2D eigenvalue weighted by atomic mass is 35.5. The first kappa shape index (κ1) is 20.5. The van der Waals surface area contributed by atoms with Gasteiger partial charge >= 0.3 is 5.91 Å². The normalized spacial score (nSPS) is 18.0. The third kappa shape index (κ3) is 3.82. The van der Waals surface area contributed by atoms with E-state index in [1.165, 1.54) is 11.3 Å². The van der Waals surface area contributed by atoms with Crippen molar-refractivity contribution < 1.29 is 9.21 Å². The van der Waals surface area contributed by atoms with Gasteiger partial charge in [-0.3, -0.25) is 4.79 Å². The molecule has 0 saturated heterocycles. The van der Waals surface area contributed by atoms with Crippen LogP contribution in [0.3, 0.4) is 0 Å². The summed E-state index contributed by atoms with van der Waals surface area (Å²) >= 11 is 5.98. The molecule has 0 saturated carbocycles. The molecule has 1 N–H and O–H groups in total. The molecule has 0 radical (unpaired) electrons. The van der Waals surface area contributed by atoms with E-state index >= 15 is 0 Å². The Balaban J connectivity index is 1.50. The fourth-order valence-corrected chi connectivity index (χ4v) is 4.71. The fourth-order valence-electron chi connectivity index (χ4n) is 4.53. The van der Waals surface area contributed by atoms with Gasteiger partial charge in [0.25, 0.3) is 0 Å². The summed E-state index contributed by atoms with van der Waals surface area (Å²) in [6.45, 7) is 10.0. The van der Waals surface area contributed by atoms with Crippen LogP contribution in [-0.4, -0.2) is 24.2 Å². The van der Waals surface area contributed by atoms with Crippen molar-refractivity contribution in [2.75, 3.05) is 11.4 Å². The molecule has 0 spiro atoms. The molecule has 1 aliphatic heterocycles. The first-order chi connectivity index (χ1) is 14.3. The molecule has 0 aliphatic carbocycles. The van der Waals surface area contributed by atoms with E-state index in [-0.39, 0.29) is 11.3 Å². The number of hydrogen-bond donors (Lipinski definition) is 1. The molecular weight excluding hydrogens is 398 g/mol. The number of hydrogen-bond acceptors (Lipinski definition) is 4. The standard InChI is InChI=1S/C24H26ClN3O2/c1-5-28-20-8-6-16(10-19(20)15(2)13-24(28,3)4)14-26-27-23(29)22-12-17-11-18(25)7-9-21(17)30-22/h6-12,14-15H,5,13H2,1-4H3,(H,27,29)/b26-14-/t15-/m1/s1. The largest absolute Gasteiger partial charge is 0.451 e. The monoisotopic (exact) mass is 423 g/mol. The number of furan rings is 1. The second kappa shape index (κ2) is 7.80. The number of hydrazone groups is 1. The van der Waals surface area contributed by atoms with Crippen LogP contribution in [0.1, 0.15) is 61.7 Å². The summed E-state index contributed by atoms with van der Waals surface area (Å²) in [6.07, 6.45) is 2.77. The van der Waals surface area contributed by atoms with Crippen LogP contribution in [0.4, 0.5) is 5.69 Å². The first-order valence-corrected chi connectivity index (χ1v) is 10.6. The second-order valence-corrected chi connectivity index (χ2v) is 8.91. The smallest absolute Gasteiger partial charge is 0.307 e. The first-order valence-electron chi connectivity index (χ1n) is 10.2. The van der Waals surface area contributed by atoms with Crippen molar-refractivity contribution in [1.82, 2.24) is 5.43 Å². The van der Waals surface area contributed by atoms with E-state index in [4.69, 9.17) is 16.0 Å². The minimum atomic E-state index is -0.399. The number of carbonyl (C=O) groups excluding carboxylic acids is 1.